The number of hydrogen-bond acceptors (Lipinski definition) is 5. The number of thiophene rings is 1. The van der Waals surface area contributed by atoms with Crippen LogP contribution in [0.5, 0.6) is 0 Å². The minimum atomic E-state index is -1.80. The predicted octanol–water partition coefficient (Wildman–Crippen LogP) is 2.15. The van der Waals surface area contributed by atoms with E-state index in [1.165, 1.54) is 4.90 Å². The SMILES string of the molecule is O=C(NCCc1cccs1)[C@H](O)[C@@H](O)C(=O)N1CCCC1c1ccc(Cl)cc1. The number of carbonyl (C=O) groups is 2. The number of halogens is 1. The molecule has 0 radical (unpaired) electrons. The van der Waals surface area contributed by atoms with Crippen LogP contribution in [0.2, 0.25) is 5.02 Å². The van der Waals surface area contributed by atoms with Crippen LogP contribution in [0.15, 0.2) is 41.8 Å². The van der Waals surface area contributed by atoms with Crippen LogP contribution in [0.4, 0.5) is 0 Å². The molecule has 0 spiro atoms. The molecule has 6 nitrogen and oxygen atoms in total. The molecule has 28 heavy (non-hydrogen) atoms. The molecular formula is C20H23ClN2O4S. The second-order valence-electron chi connectivity index (χ2n) is 6.75. The maximum absolute atomic E-state index is 12.7. The Bertz CT molecular complexity index is 797. The molecular weight excluding hydrogens is 400 g/mol. The zero-order valence-corrected chi connectivity index (χ0v) is 16.8. The van der Waals surface area contributed by atoms with Crippen LogP contribution >= 0.6 is 22.9 Å². The summed E-state index contributed by atoms with van der Waals surface area (Å²) >= 11 is 7.50. The third kappa shape index (κ3) is 4.91. The lowest BCUT2D eigenvalue weighted by Crippen LogP contribution is -2.50. The van der Waals surface area contributed by atoms with E-state index >= 15 is 0 Å². The van der Waals surface area contributed by atoms with Crippen molar-refractivity contribution in [2.45, 2.75) is 37.5 Å². The van der Waals surface area contributed by atoms with Crippen LogP contribution in [0, 0.1) is 0 Å². The van der Waals surface area contributed by atoms with Gasteiger partial charge >= 0.3 is 0 Å². The first-order valence-corrected chi connectivity index (χ1v) is 10.5. The Morgan fingerprint density at radius 3 is 2.64 bits per heavy atom. The Hall–Kier alpha value is -1.93. The standard InChI is InChI=1S/C20H23ClN2O4S/c21-14-7-5-13(6-8-14)16-4-1-11-23(16)20(27)18(25)17(24)19(26)22-10-9-15-3-2-12-28-15/h2-3,5-8,12,16-18,24-25H,1,4,9-11H2,(H,22,26)/t16?,17-,18-/m1/s1. The maximum Gasteiger partial charge on any atom is 0.255 e. The summed E-state index contributed by atoms with van der Waals surface area (Å²) in [6.07, 6.45) is -1.43. The van der Waals surface area contributed by atoms with Gasteiger partial charge in [-0.3, -0.25) is 9.59 Å². The topological polar surface area (TPSA) is 89.9 Å². The Morgan fingerprint density at radius 2 is 1.96 bits per heavy atom. The lowest BCUT2D eigenvalue weighted by atomic mass is 10.0. The molecule has 1 unspecified atom stereocenters. The molecule has 2 amide bonds. The summed E-state index contributed by atoms with van der Waals surface area (Å²) in [5.74, 6) is -1.39. The Balaban J connectivity index is 1.57. The quantitative estimate of drug-likeness (QED) is 0.637. The van der Waals surface area contributed by atoms with Crippen molar-refractivity contribution in [1.29, 1.82) is 0 Å². The summed E-state index contributed by atoms with van der Waals surface area (Å²) in [5, 5.41) is 25.6. The van der Waals surface area contributed by atoms with Crippen molar-refractivity contribution in [1.82, 2.24) is 10.2 Å². The normalized spacial score (nSPS) is 18.7. The molecule has 8 heteroatoms. The van der Waals surface area contributed by atoms with Crippen molar-refractivity contribution < 1.29 is 19.8 Å². The smallest absolute Gasteiger partial charge is 0.255 e. The van der Waals surface area contributed by atoms with E-state index in [2.05, 4.69) is 5.32 Å². The highest BCUT2D eigenvalue weighted by Crippen LogP contribution is 2.33. The highest BCUT2D eigenvalue weighted by atomic mass is 35.5. The van der Waals surface area contributed by atoms with E-state index in [1.807, 2.05) is 29.6 Å². The molecule has 0 aliphatic carbocycles. The first-order valence-electron chi connectivity index (χ1n) is 9.19. The molecule has 2 aromatic rings. The van der Waals surface area contributed by atoms with Gasteiger partial charge in [-0.25, -0.2) is 0 Å². The number of carbonyl (C=O) groups excluding carboxylic acids is 2. The van der Waals surface area contributed by atoms with Crippen LogP contribution in [0.1, 0.15) is 29.3 Å². The number of aliphatic hydroxyl groups is 2. The van der Waals surface area contributed by atoms with Gasteiger partial charge in [-0.2, -0.15) is 0 Å². The van der Waals surface area contributed by atoms with E-state index in [9.17, 15) is 19.8 Å². The minimum Gasteiger partial charge on any atom is -0.380 e. The molecule has 1 aliphatic heterocycles. The van der Waals surface area contributed by atoms with Gasteiger partial charge in [-0.15, -0.1) is 11.3 Å². The summed E-state index contributed by atoms with van der Waals surface area (Å²) in [5.41, 5.74) is 0.914. The Morgan fingerprint density at radius 1 is 1.21 bits per heavy atom. The fourth-order valence-electron chi connectivity index (χ4n) is 3.38. The van der Waals surface area contributed by atoms with E-state index in [-0.39, 0.29) is 6.04 Å². The molecule has 1 fully saturated rings. The molecule has 2 heterocycles. The second-order valence-corrected chi connectivity index (χ2v) is 8.22. The predicted molar refractivity (Wildman–Crippen MR) is 108 cm³/mol. The molecule has 150 valence electrons. The molecule has 1 aromatic carbocycles. The highest BCUT2D eigenvalue weighted by molar-refractivity contribution is 7.09. The summed E-state index contributed by atoms with van der Waals surface area (Å²) < 4.78 is 0. The first-order chi connectivity index (χ1) is 13.5. The lowest BCUT2D eigenvalue weighted by molar-refractivity contribution is -0.153. The molecule has 1 saturated heterocycles. The van der Waals surface area contributed by atoms with Crippen LogP contribution < -0.4 is 5.32 Å². The van der Waals surface area contributed by atoms with Gasteiger partial charge in [0, 0.05) is 23.0 Å². The molecule has 0 bridgehead atoms. The average molecular weight is 423 g/mol. The molecule has 3 atom stereocenters. The Kier molecular flexibility index (Phi) is 7.07. The summed E-state index contributed by atoms with van der Waals surface area (Å²) in [4.78, 5) is 27.5. The zero-order chi connectivity index (χ0) is 20.1. The second kappa shape index (κ2) is 9.52. The lowest BCUT2D eigenvalue weighted by Gasteiger charge is -2.28. The number of hydrogen-bond donors (Lipinski definition) is 3. The number of nitrogens with one attached hydrogen (secondary N) is 1. The van der Waals surface area contributed by atoms with E-state index in [0.717, 1.165) is 23.3 Å². The summed E-state index contributed by atoms with van der Waals surface area (Å²) in [7, 11) is 0. The maximum atomic E-state index is 12.7. The van der Waals surface area contributed by atoms with Crippen LogP contribution in [-0.2, 0) is 16.0 Å². The van der Waals surface area contributed by atoms with Gasteiger partial charge < -0.3 is 20.4 Å². The van der Waals surface area contributed by atoms with Gasteiger partial charge in [-0.1, -0.05) is 29.8 Å². The number of nitrogens with zero attached hydrogens (tertiary/aromatic N) is 1. The van der Waals surface area contributed by atoms with Gasteiger partial charge in [-0.05, 0) is 48.4 Å². The van der Waals surface area contributed by atoms with Crippen LogP contribution in [0.3, 0.4) is 0 Å². The molecule has 3 rings (SSSR count). The van der Waals surface area contributed by atoms with Crippen molar-refractivity contribution in [3.8, 4) is 0 Å². The minimum absolute atomic E-state index is 0.200. The third-order valence-corrected chi connectivity index (χ3v) is 6.05. The number of amides is 2. The fourth-order valence-corrected chi connectivity index (χ4v) is 4.21. The Labute approximate surface area is 172 Å². The highest BCUT2D eigenvalue weighted by Gasteiger charge is 2.38. The molecule has 0 saturated carbocycles. The van der Waals surface area contributed by atoms with E-state index in [0.29, 0.717) is 24.5 Å². The molecule has 1 aromatic heterocycles. The third-order valence-electron chi connectivity index (χ3n) is 4.86. The van der Waals surface area contributed by atoms with Gasteiger partial charge in [0.25, 0.3) is 11.8 Å². The number of likely N-dealkylation sites (tertiary alicyclic amines) is 1. The van der Waals surface area contributed by atoms with E-state index in [1.54, 1.807) is 23.5 Å². The molecule has 3 N–H and O–H groups in total. The largest absolute Gasteiger partial charge is 0.380 e. The first kappa shape index (κ1) is 20.8. The van der Waals surface area contributed by atoms with Crippen molar-refractivity contribution in [2.75, 3.05) is 13.1 Å². The van der Waals surface area contributed by atoms with Gasteiger partial charge in [0.2, 0.25) is 0 Å². The fraction of sp³-hybridized carbons (Fsp3) is 0.400. The van der Waals surface area contributed by atoms with Crippen LogP contribution in [-0.4, -0.2) is 52.2 Å². The van der Waals surface area contributed by atoms with Crippen molar-refractivity contribution >= 4 is 34.8 Å². The van der Waals surface area contributed by atoms with Crippen molar-refractivity contribution in [2.24, 2.45) is 0 Å². The van der Waals surface area contributed by atoms with Crippen molar-refractivity contribution in [3.05, 3.63) is 57.2 Å². The summed E-state index contributed by atoms with van der Waals surface area (Å²) in [6, 6.07) is 10.9. The van der Waals surface area contributed by atoms with Gasteiger partial charge in [0.05, 0.1) is 6.04 Å². The summed E-state index contributed by atoms with van der Waals surface area (Å²) in [6.45, 7) is 0.796. The van der Waals surface area contributed by atoms with E-state index < -0.39 is 24.0 Å². The average Bonchev–Trinajstić information content (AvgIpc) is 3.38. The monoisotopic (exact) mass is 422 g/mol. The van der Waals surface area contributed by atoms with Crippen molar-refractivity contribution in [3.63, 3.8) is 0 Å². The van der Waals surface area contributed by atoms with Crippen LogP contribution in [0.25, 0.3) is 0 Å². The number of rotatable bonds is 7. The van der Waals surface area contributed by atoms with Gasteiger partial charge in [0.15, 0.2) is 12.2 Å². The number of aliphatic hydroxyl groups excluding tert-OH is 2. The van der Waals surface area contributed by atoms with Gasteiger partial charge in [0.1, 0.15) is 0 Å². The zero-order valence-electron chi connectivity index (χ0n) is 15.3. The number of benzene rings is 1. The molecule has 1 aliphatic rings. The van der Waals surface area contributed by atoms with E-state index in [4.69, 9.17) is 11.6 Å².